The van der Waals surface area contributed by atoms with Gasteiger partial charge in [-0.05, 0) is 24.6 Å². The van der Waals surface area contributed by atoms with Crippen molar-refractivity contribution in [2.45, 2.75) is 26.2 Å². The first-order valence-corrected chi connectivity index (χ1v) is 5.86. The van der Waals surface area contributed by atoms with Gasteiger partial charge in [-0.2, -0.15) is 0 Å². The van der Waals surface area contributed by atoms with Crippen LogP contribution in [-0.4, -0.2) is 12.5 Å². The monoisotopic (exact) mass is 240 g/mol. The smallest absolute Gasteiger partial charge is 0.251 e. The number of amides is 1. The van der Waals surface area contributed by atoms with E-state index in [0.29, 0.717) is 22.8 Å². The predicted octanol–water partition coefficient (Wildman–Crippen LogP) is 2.84. The van der Waals surface area contributed by atoms with Gasteiger partial charge in [0.1, 0.15) is 0 Å². The van der Waals surface area contributed by atoms with Crippen LogP contribution in [0.15, 0.2) is 18.2 Å². The third kappa shape index (κ3) is 3.74. The summed E-state index contributed by atoms with van der Waals surface area (Å²) in [6, 6.07) is 4.91. The normalized spacial score (nSPS) is 10.1. The van der Waals surface area contributed by atoms with Crippen LogP contribution >= 0.6 is 11.6 Å². The molecular formula is C12H17ClN2O. The highest BCUT2D eigenvalue weighted by atomic mass is 35.5. The van der Waals surface area contributed by atoms with Crippen molar-refractivity contribution in [1.82, 2.24) is 5.32 Å². The Hall–Kier alpha value is -1.22. The maximum atomic E-state index is 11.7. The van der Waals surface area contributed by atoms with E-state index >= 15 is 0 Å². The molecular weight excluding hydrogens is 224 g/mol. The van der Waals surface area contributed by atoms with Gasteiger partial charge < -0.3 is 11.1 Å². The fourth-order valence-corrected chi connectivity index (χ4v) is 1.48. The minimum atomic E-state index is -0.0977. The second kappa shape index (κ2) is 6.38. The zero-order valence-electron chi connectivity index (χ0n) is 9.42. The van der Waals surface area contributed by atoms with Gasteiger partial charge in [0.05, 0.1) is 10.7 Å². The molecule has 1 amide bonds. The number of carbonyl (C=O) groups is 1. The van der Waals surface area contributed by atoms with E-state index in [1.807, 2.05) is 0 Å². The molecule has 1 rings (SSSR count). The molecule has 0 aliphatic carbocycles. The summed E-state index contributed by atoms with van der Waals surface area (Å²) in [5.41, 5.74) is 6.61. The number of carbonyl (C=O) groups excluding carboxylic acids is 1. The lowest BCUT2D eigenvalue weighted by Gasteiger charge is -2.06. The van der Waals surface area contributed by atoms with Crippen LogP contribution in [0.3, 0.4) is 0 Å². The van der Waals surface area contributed by atoms with Crippen molar-refractivity contribution in [3.63, 3.8) is 0 Å². The summed E-state index contributed by atoms with van der Waals surface area (Å²) in [7, 11) is 0. The molecule has 16 heavy (non-hydrogen) atoms. The van der Waals surface area contributed by atoms with E-state index in [2.05, 4.69) is 12.2 Å². The maximum absolute atomic E-state index is 11.7. The van der Waals surface area contributed by atoms with Crippen molar-refractivity contribution in [3.05, 3.63) is 28.8 Å². The molecule has 0 radical (unpaired) electrons. The van der Waals surface area contributed by atoms with Crippen LogP contribution in [0.4, 0.5) is 5.69 Å². The number of nitrogens with one attached hydrogen (secondary N) is 1. The lowest BCUT2D eigenvalue weighted by Crippen LogP contribution is -2.24. The number of hydrogen-bond acceptors (Lipinski definition) is 2. The molecule has 3 N–H and O–H groups in total. The first-order chi connectivity index (χ1) is 7.65. The van der Waals surface area contributed by atoms with Gasteiger partial charge in [-0.15, -0.1) is 0 Å². The van der Waals surface area contributed by atoms with Gasteiger partial charge in [0, 0.05) is 12.1 Å². The highest BCUT2D eigenvalue weighted by Crippen LogP contribution is 2.19. The number of hydrogen-bond donors (Lipinski definition) is 2. The van der Waals surface area contributed by atoms with Crippen LogP contribution < -0.4 is 11.1 Å². The van der Waals surface area contributed by atoms with Crippen molar-refractivity contribution < 1.29 is 4.79 Å². The van der Waals surface area contributed by atoms with Gasteiger partial charge in [-0.3, -0.25) is 4.79 Å². The van der Waals surface area contributed by atoms with E-state index in [1.54, 1.807) is 18.2 Å². The average Bonchev–Trinajstić information content (AvgIpc) is 2.28. The number of nitrogens with two attached hydrogens (primary N) is 1. The summed E-state index contributed by atoms with van der Waals surface area (Å²) >= 11 is 5.77. The van der Waals surface area contributed by atoms with Crippen LogP contribution in [-0.2, 0) is 0 Å². The number of benzene rings is 1. The molecule has 4 heteroatoms. The van der Waals surface area contributed by atoms with Crippen LogP contribution in [0.2, 0.25) is 5.02 Å². The van der Waals surface area contributed by atoms with E-state index in [4.69, 9.17) is 17.3 Å². The molecule has 0 spiro atoms. The minimum Gasteiger partial charge on any atom is -0.398 e. The van der Waals surface area contributed by atoms with Gasteiger partial charge >= 0.3 is 0 Å². The lowest BCUT2D eigenvalue weighted by atomic mass is 10.2. The Balaban J connectivity index is 2.50. The first-order valence-electron chi connectivity index (χ1n) is 5.48. The summed E-state index contributed by atoms with van der Waals surface area (Å²) in [6.45, 7) is 2.83. The number of nitrogen functional groups attached to an aromatic ring is 1. The second-order valence-electron chi connectivity index (χ2n) is 3.70. The third-order valence-corrected chi connectivity index (χ3v) is 2.67. The Morgan fingerprint density at radius 1 is 1.44 bits per heavy atom. The summed E-state index contributed by atoms with van der Waals surface area (Å²) in [5.74, 6) is -0.0977. The van der Waals surface area contributed by atoms with Crippen molar-refractivity contribution in [1.29, 1.82) is 0 Å². The number of anilines is 1. The fraction of sp³-hybridized carbons (Fsp3) is 0.417. The van der Waals surface area contributed by atoms with E-state index < -0.39 is 0 Å². The van der Waals surface area contributed by atoms with Gasteiger partial charge in [0.2, 0.25) is 0 Å². The van der Waals surface area contributed by atoms with Crippen molar-refractivity contribution in [3.8, 4) is 0 Å². The lowest BCUT2D eigenvalue weighted by molar-refractivity contribution is 0.0953. The van der Waals surface area contributed by atoms with Gasteiger partial charge in [-0.25, -0.2) is 0 Å². The van der Waals surface area contributed by atoms with E-state index in [0.717, 1.165) is 19.3 Å². The number of rotatable bonds is 5. The molecule has 3 nitrogen and oxygen atoms in total. The van der Waals surface area contributed by atoms with Crippen molar-refractivity contribution in [2.75, 3.05) is 12.3 Å². The maximum Gasteiger partial charge on any atom is 0.251 e. The van der Waals surface area contributed by atoms with Crippen LogP contribution in [0, 0.1) is 0 Å². The van der Waals surface area contributed by atoms with E-state index in [9.17, 15) is 4.79 Å². The van der Waals surface area contributed by atoms with Crippen molar-refractivity contribution >= 4 is 23.2 Å². The quantitative estimate of drug-likeness (QED) is 0.614. The largest absolute Gasteiger partial charge is 0.398 e. The summed E-state index contributed by atoms with van der Waals surface area (Å²) in [5, 5.41) is 3.32. The van der Waals surface area contributed by atoms with E-state index in [-0.39, 0.29) is 5.91 Å². The molecule has 0 saturated heterocycles. The molecule has 0 aliphatic rings. The molecule has 0 bridgehead atoms. The van der Waals surface area contributed by atoms with E-state index in [1.165, 1.54) is 0 Å². The number of halogens is 1. The topological polar surface area (TPSA) is 55.1 Å². The third-order valence-electron chi connectivity index (χ3n) is 2.32. The minimum absolute atomic E-state index is 0.0977. The Kier molecular flexibility index (Phi) is 5.12. The van der Waals surface area contributed by atoms with Gasteiger partial charge in [0.25, 0.3) is 5.91 Å². The molecule has 0 aliphatic heterocycles. The molecule has 0 unspecified atom stereocenters. The molecule has 0 saturated carbocycles. The molecule has 88 valence electrons. The summed E-state index contributed by atoms with van der Waals surface area (Å²) in [6.07, 6.45) is 3.28. The molecule has 1 aromatic carbocycles. The average molecular weight is 241 g/mol. The Labute approximate surface area is 101 Å². The zero-order chi connectivity index (χ0) is 12.0. The zero-order valence-corrected chi connectivity index (χ0v) is 10.2. The standard InChI is InChI=1S/C12H17ClN2O/c1-2-3-4-7-15-12(16)9-5-6-10(13)11(14)8-9/h5-6,8H,2-4,7,14H2,1H3,(H,15,16). The van der Waals surface area contributed by atoms with Gasteiger partial charge in [0.15, 0.2) is 0 Å². The molecule has 1 aromatic rings. The highest BCUT2D eigenvalue weighted by molar-refractivity contribution is 6.33. The Morgan fingerprint density at radius 3 is 2.81 bits per heavy atom. The van der Waals surface area contributed by atoms with Crippen molar-refractivity contribution in [2.24, 2.45) is 0 Å². The SMILES string of the molecule is CCCCCNC(=O)c1ccc(Cl)c(N)c1. The molecule has 0 fully saturated rings. The Bertz CT molecular complexity index is 366. The molecule has 0 heterocycles. The number of unbranched alkanes of at least 4 members (excludes halogenated alkanes) is 2. The Morgan fingerprint density at radius 2 is 2.19 bits per heavy atom. The highest BCUT2D eigenvalue weighted by Gasteiger charge is 2.06. The summed E-state index contributed by atoms with van der Waals surface area (Å²) in [4.78, 5) is 11.7. The van der Waals surface area contributed by atoms with Gasteiger partial charge in [-0.1, -0.05) is 31.4 Å². The van der Waals surface area contributed by atoms with Crippen LogP contribution in [0.1, 0.15) is 36.5 Å². The molecule has 0 atom stereocenters. The fourth-order valence-electron chi connectivity index (χ4n) is 1.36. The molecule has 0 aromatic heterocycles. The van der Waals surface area contributed by atoms with Crippen LogP contribution in [0.5, 0.6) is 0 Å². The second-order valence-corrected chi connectivity index (χ2v) is 4.11. The predicted molar refractivity (Wildman–Crippen MR) is 67.7 cm³/mol. The summed E-state index contributed by atoms with van der Waals surface area (Å²) < 4.78 is 0. The first kappa shape index (κ1) is 12.8. The van der Waals surface area contributed by atoms with Crippen LogP contribution in [0.25, 0.3) is 0 Å².